The van der Waals surface area contributed by atoms with Gasteiger partial charge < -0.3 is 15.1 Å². The minimum Gasteiger partial charge on any atom is -0.462 e. The predicted molar refractivity (Wildman–Crippen MR) is 96.2 cm³/mol. The summed E-state index contributed by atoms with van der Waals surface area (Å²) in [6.07, 6.45) is 7.70. The lowest BCUT2D eigenvalue weighted by molar-refractivity contribution is -0.123. The zero-order valence-corrected chi connectivity index (χ0v) is 15.0. The molecular weight excluding hydrogens is 346 g/mol. The molecule has 4 rings (SSSR count). The third-order valence-electron chi connectivity index (χ3n) is 4.91. The van der Waals surface area contributed by atoms with E-state index in [0.29, 0.717) is 18.5 Å². The van der Waals surface area contributed by atoms with Crippen molar-refractivity contribution in [2.75, 3.05) is 0 Å². The van der Waals surface area contributed by atoms with Gasteiger partial charge in [0.25, 0.3) is 0 Å². The zero-order valence-electron chi connectivity index (χ0n) is 13.4. The van der Waals surface area contributed by atoms with E-state index in [1.807, 2.05) is 17.5 Å². The number of nitrogens with zero attached hydrogens (tertiary/aromatic N) is 1. The molecule has 3 heterocycles. The highest BCUT2D eigenvalue weighted by molar-refractivity contribution is 7.13. The first-order valence-corrected chi connectivity index (χ1v) is 9.19. The minimum absolute atomic E-state index is 0. The van der Waals surface area contributed by atoms with E-state index in [0.717, 1.165) is 22.9 Å². The zero-order chi connectivity index (χ0) is 15.6. The van der Waals surface area contributed by atoms with E-state index in [1.165, 1.54) is 37.0 Å². The molecule has 2 fully saturated rings. The molecule has 1 amide bonds. The maximum atomic E-state index is 12.4. The van der Waals surface area contributed by atoms with Crippen LogP contribution in [0.2, 0.25) is 0 Å². The summed E-state index contributed by atoms with van der Waals surface area (Å²) in [5.41, 5.74) is 0.880. The fourth-order valence-electron chi connectivity index (χ4n) is 3.72. The quantitative estimate of drug-likeness (QED) is 0.869. The topological polar surface area (TPSA) is 67.2 Å². The average molecular weight is 368 g/mol. The van der Waals surface area contributed by atoms with Crippen LogP contribution >= 0.6 is 23.7 Å². The largest absolute Gasteiger partial charge is 0.462 e. The number of halogens is 1. The smallest absolute Gasteiger partial charge is 0.237 e. The monoisotopic (exact) mass is 367 g/mol. The van der Waals surface area contributed by atoms with Gasteiger partial charge in [-0.2, -0.15) is 0 Å². The summed E-state index contributed by atoms with van der Waals surface area (Å²) in [5, 5.41) is 9.36. The van der Waals surface area contributed by atoms with Gasteiger partial charge in [-0.3, -0.25) is 4.79 Å². The molecule has 0 spiro atoms. The number of carbonyl (C=O) groups is 1. The van der Waals surface area contributed by atoms with Gasteiger partial charge in [-0.05, 0) is 37.3 Å². The molecule has 1 aliphatic carbocycles. The summed E-state index contributed by atoms with van der Waals surface area (Å²) < 4.78 is 5.34. The van der Waals surface area contributed by atoms with Crippen LogP contribution < -0.4 is 10.6 Å². The van der Waals surface area contributed by atoms with Crippen LogP contribution in [0.4, 0.5) is 0 Å². The van der Waals surface area contributed by atoms with Crippen LogP contribution in [0, 0.1) is 5.92 Å². The average Bonchev–Trinajstić information content (AvgIpc) is 3.31. The summed E-state index contributed by atoms with van der Waals surface area (Å²) in [5.74, 6) is 1.56. The lowest BCUT2D eigenvalue weighted by Crippen LogP contribution is -2.42. The Balaban J connectivity index is 0.00000169. The van der Waals surface area contributed by atoms with Gasteiger partial charge in [0.05, 0.1) is 24.5 Å². The van der Waals surface area contributed by atoms with E-state index in [9.17, 15) is 4.79 Å². The van der Waals surface area contributed by atoms with Gasteiger partial charge in [0.2, 0.25) is 5.91 Å². The van der Waals surface area contributed by atoms with Crippen LogP contribution in [0.15, 0.2) is 28.2 Å². The van der Waals surface area contributed by atoms with Crippen molar-refractivity contribution in [1.82, 2.24) is 15.6 Å². The molecular formula is C17H22ClN3O2S. The number of nitrogens with one attached hydrogen (secondary N) is 2. The Morgan fingerprint density at radius 3 is 3.08 bits per heavy atom. The first kappa shape index (κ1) is 17.5. The van der Waals surface area contributed by atoms with E-state index < -0.39 is 0 Å². The fourth-order valence-corrected chi connectivity index (χ4v) is 4.51. The van der Waals surface area contributed by atoms with Crippen molar-refractivity contribution in [3.63, 3.8) is 0 Å². The van der Waals surface area contributed by atoms with Crippen molar-refractivity contribution >= 4 is 29.7 Å². The molecule has 2 aromatic heterocycles. The third kappa shape index (κ3) is 3.66. The fraction of sp³-hybridized carbons (Fsp3) is 0.529. The second-order valence-electron chi connectivity index (χ2n) is 6.45. The van der Waals surface area contributed by atoms with Crippen LogP contribution in [0.3, 0.4) is 0 Å². The number of thiazole rings is 1. The predicted octanol–water partition coefficient (Wildman–Crippen LogP) is 3.36. The number of aromatic nitrogens is 1. The van der Waals surface area contributed by atoms with Crippen molar-refractivity contribution in [1.29, 1.82) is 0 Å². The third-order valence-corrected chi connectivity index (χ3v) is 5.81. The molecule has 1 saturated carbocycles. The van der Waals surface area contributed by atoms with Crippen molar-refractivity contribution in [2.45, 2.75) is 50.7 Å². The maximum Gasteiger partial charge on any atom is 0.237 e. The second-order valence-corrected chi connectivity index (χ2v) is 7.30. The molecule has 2 aromatic rings. The van der Waals surface area contributed by atoms with Crippen molar-refractivity contribution in [3.05, 3.63) is 29.5 Å². The summed E-state index contributed by atoms with van der Waals surface area (Å²) >= 11 is 1.54. The molecule has 2 aliphatic rings. The molecule has 24 heavy (non-hydrogen) atoms. The molecule has 0 bridgehead atoms. The Morgan fingerprint density at radius 1 is 1.42 bits per heavy atom. The molecule has 130 valence electrons. The van der Waals surface area contributed by atoms with Crippen LogP contribution in [-0.4, -0.2) is 23.0 Å². The Labute approximate surface area is 151 Å². The first-order valence-electron chi connectivity index (χ1n) is 8.31. The number of rotatable bonds is 4. The minimum atomic E-state index is -0.0359. The Hall–Kier alpha value is -1.37. The van der Waals surface area contributed by atoms with Gasteiger partial charge in [-0.1, -0.05) is 12.8 Å². The van der Waals surface area contributed by atoms with Crippen molar-refractivity contribution in [3.8, 4) is 10.8 Å². The van der Waals surface area contributed by atoms with Gasteiger partial charge in [0, 0.05) is 11.4 Å². The van der Waals surface area contributed by atoms with Crippen molar-refractivity contribution in [2.24, 2.45) is 5.92 Å². The van der Waals surface area contributed by atoms with E-state index in [4.69, 9.17) is 4.42 Å². The van der Waals surface area contributed by atoms with Gasteiger partial charge in [-0.25, -0.2) is 4.98 Å². The molecule has 1 saturated heterocycles. The summed E-state index contributed by atoms with van der Waals surface area (Å²) in [6.45, 7) is 0.476. The van der Waals surface area contributed by atoms with Crippen LogP contribution in [0.5, 0.6) is 0 Å². The number of hydrogen-bond acceptors (Lipinski definition) is 5. The normalized spacial score (nSPS) is 25.8. The molecule has 0 radical (unpaired) electrons. The second kappa shape index (κ2) is 7.68. The highest BCUT2D eigenvalue weighted by Gasteiger charge is 2.38. The van der Waals surface area contributed by atoms with Gasteiger partial charge >= 0.3 is 0 Å². The van der Waals surface area contributed by atoms with Crippen LogP contribution in [-0.2, 0) is 11.3 Å². The SMILES string of the molecule is Cl.O=C(NCc1csc(-c2ccco2)n1)C1CC2CCCCC2N1. The Kier molecular flexibility index (Phi) is 5.58. The van der Waals surface area contributed by atoms with Crippen LogP contribution in [0.1, 0.15) is 37.8 Å². The number of amides is 1. The Bertz CT molecular complexity index is 659. The first-order chi connectivity index (χ1) is 11.3. The number of furan rings is 1. The summed E-state index contributed by atoms with van der Waals surface area (Å²) in [6, 6.07) is 4.25. The standard InChI is InChI=1S/C17H21N3O2S.ClH/c21-16(14-8-11-4-1-2-5-13(11)20-14)18-9-12-10-23-17(19-12)15-6-3-7-22-15;/h3,6-7,10-11,13-14,20H,1-2,4-5,8-9H2,(H,18,21);1H. The Morgan fingerprint density at radius 2 is 2.29 bits per heavy atom. The van der Waals surface area contributed by atoms with Gasteiger partial charge in [-0.15, -0.1) is 23.7 Å². The molecule has 3 atom stereocenters. The highest BCUT2D eigenvalue weighted by atomic mass is 35.5. The number of carbonyl (C=O) groups excluding carboxylic acids is 1. The molecule has 0 aromatic carbocycles. The summed E-state index contributed by atoms with van der Waals surface area (Å²) in [7, 11) is 0. The van der Waals surface area contributed by atoms with E-state index in [2.05, 4.69) is 15.6 Å². The maximum absolute atomic E-state index is 12.4. The van der Waals surface area contributed by atoms with Gasteiger partial charge in [0.1, 0.15) is 0 Å². The van der Waals surface area contributed by atoms with E-state index in [-0.39, 0.29) is 24.4 Å². The van der Waals surface area contributed by atoms with Crippen LogP contribution in [0.25, 0.3) is 10.8 Å². The number of fused-ring (bicyclic) bond motifs is 1. The number of hydrogen-bond donors (Lipinski definition) is 2. The molecule has 2 N–H and O–H groups in total. The van der Waals surface area contributed by atoms with Crippen molar-refractivity contribution < 1.29 is 9.21 Å². The molecule has 7 heteroatoms. The molecule has 5 nitrogen and oxygen atoms in total. The lowest BCUT2D eigenvalue weighted by atomic mass is 9.85. The molecule has 1 aliphatic heterocycles. The lowest BCUT2D eigenvalue weighted by Gasteiger charge is -2.24. The summed E-state index contributed by atoms with van der Waals surface area (Å²) in [4.78, 5) is 16.9. The van der Waals surface area contributed by atoms with E-state index in [1.54, 1.807) is 6.26 Å². The van der Waals surface area contributed by atoms with E-state index >= 15 is 0 Å². The van der Waals surface area contributed by atoms with Gasteiger partial charge in [0.15, 0.2) is 10.8 Å². The highest BCUT2D eigenvalue weighted by Crippen LogP contribution is 2.33. The molecule has 3 unspecified atom stereocenters.